The van der Waals surface area contributed by atoms with Gasteiger partial charge in [0.05, 0.1) is 25.8 Å². The van der Waals surface area contributed by atoms with Crippen molar-refractivity contribution < 1.29 is 19.1 Å². The molecule has 2 amide bonds. The van der Waals surface area contributed by atoms with Crippen molar-refractivity contribution in [2.75, 3.05) is 33.8 Å². The van der Waals surface area contributed by atoms with Gasteiger partial charge >= 0.3 is 5.97 Å². The second-order valence-corrected chi connectivity index (χ2v) is 5.49. The Balaban J connectivity index is 2.35. The van der Waals surface area contributed by atoms with Gasteiger partial charge < -0.3 is 15.4 Å². The maximum Gasteiger partial charge on any atom is 0.337 e. The number of benzene rings is 1. The molecule has 1 aromatic carbocycles. The van der Waals surface area contributed by atoms with Gasteiger partial charge in [-0.05, 0) is 31.2 Å². The summed E-state index contributed by atoms with van der Waals surface area (Å²) in [6.07, 6.45) is 0.880. The lowest BCUT2D eigenvalue weighted by Crippen LogP contribution is -2.40. The van der Waals surface area contributed by atoms with Gasteiger partial charge in [0.1, 0.15) is 0 Å². The monoisotopic (exact) mass is 335 g/mol. The zero-order valence-corrected chi connectivity index (χ0v) is 14.4. The predicted octanol–water partition coefficient (Wildman–Crippen LogP) is 0.547. The largest absolute Gasteiger partial charge is 0.465 e. The molecule has 0 heterocycles. The van der Waals surface area contributed by atoms with Crippen LogP contribution >= 0.6 is 0 Å². The number of nitrogens with zero attached hydrogens (tertiary/aromatic N) is 1. The molecule has 0 saturated carbocycles. The molecule has 2 N–H and O–H groups in total. The van der Waals surface area contributed by atoms with Crippen LogP contribution in [-0.4, -0.2) is 56.5 Å². The standard InChI is InChI=1S/C17H25N3O4/c1-4-9-18-15(21)11-20(2)12-16(22)19-10-13-5-7-14(8-6-13)17(23)24-3/h5-8H,4,9-12H2,1-3H3,(H,18,21)(H,19,22). The van der Waals surface area contributed by atoms with Crippen LogP contribution in [0.15, 0.2) is 24.3 Å². The Hall–Kier alpha value is -2.41. The number of hydrogen-bond acceptors (Lipinski definition) is 5. The Labute approximate surface area is 142 Å². The van der Waals surface area contributed by atoms with E-state index < -0.39 is 5.97 Å². The quantitative estimate of drug-likeness (QED) is 0.644. The molecule has 0 spiro atoms. The molecule has 24 heavy (non-hydrogen) atoms. The molecule has 0 aliphatic heterocycles. The molecule has 0 atom stereocenters. The van der Waals surface area contributed by atoms with Crippen molar-refractivity contribution in [3.05, 3.63) is 35.4 Å². The van der Waals surface area contributed by atoms with Crippen molar-refractivity contribution in [2.24, 2.45) is 0 Å². The van der Waals surface area contributed by atoms with Gasteiger partial charge in [0.15, 0.2) is 0 Å². The molecule has 0 unspecified atom stereocenters. The van der Waals surface area contributed by atoms with Crippen LogP contribution in [0.3, 0.4) is 0 Å². The average Bonchev–Trinajstić information content (AvgIpc) is 2.57. The van der Waals surface area contributed by atoms with E-state index in [0.29, 0.717) is 18.7 Å². The summed E-state index contributed by atoms with van der Waals surface area (Å²) in [5.74, 6) is -0.656. The fourth-order valence-corrected chi connectivity index (χ4v) is 2.00. The molecule has 0 fully saturated rings. The van der Waals surface area contributed by atoms with Gasteiger partial charge in [-0.15, -0.1) is 0 Å². The lowest BCUT2D eigenvalue weighted by molar-refractivity contribution is -0.124. The van der Waals surface area contributed by atoms with E-state index in [9.17, 15) is 14.4 Å². The number of nitrogens with one attached hydrogen (secondary N) is 2. The van der Waals surface area contributed by atoms with Crippen molar-refractivity contribution in [2.45, 2.75) is 19.9 Å². The third kappa shape index (κ3) is 7.23. The highest BCUT2D eigenvalue weighted by atomic mass is 16.5. The SMILES string of the molecule is CCCNC(=O)CN(C)CC(=O)NCc1ccc(C(=O)OC)cc1. The number of carbonyl (C=O) groups excluding carboxylic acids is 3. The van der Waals surface area contributed by atoms with Crippen LogP contribution in [0.5, 0.6) is 0 Å². The number of rotatable bonds is 9. The summed E-state index contributed by atoms with van der Waals surface area (Å²) in [5, 5.41) is 5.54. The van der Waals surface area contributed by atoms with Crippen LogP contribution < -0.4 is 10.6 Å². The minimum Gasteiger partial charge on any atom is -0.465 e. The van der Waals surface area contributed by atoms with E-state index >= 15 is 0 Å². The Kier molecular flexibility index (Phi) is 8.49. The Morgan fingerprint density at radius 1 is 1.04 bits per heavy atom. The predicted molar refractivity (Wildman–Crippen MR) is 90.4 cm³/mol. The maximum atomic E-state index is 11.9. The molecule has 0 aromatic heterocycles. The lowest BCUT2D eigenvalue weighted by Gasteiger charge is -2.16. The van der Waals surface area contributed by atoms with E-state index in [1.807, 2.05) is 6.92 Å². The summed E-state index contributed by atoms with van der Waals surface area (Å²) < 4.78 is 4.63. The number of hydrogen-bond donors (Lipinski definition) is 2. The first-order valence-corrected chi connectivity index (χ1v) is 7.85. The molecular formula is C17H25N3O4. The number of ether oxygens (including phenoxy) is 1. The number of methoxy groups -OCH3 is 1. The third-order valence-electron chi connectivity index (χ3n) is 3.26. The van der Waals surface area contributed by atoms with Crippen LogP contribution in [0.1, 0.15) is 29.3 Å². The Morgan fingerprint density at radius 3 is 2.17 bits per heavy atom. The third-order valence-corrected chi connectivity index (χ3v) is 3.26. The molecule has 0 saturated heterocycles. The fraction of sp³-hybridized carbons (Fsp3) is 0.471. The highest BCUT2D eigenvalue weighted by molar-refractivity contribution is 5.89. The first kappa shape index (κ1) is 19.6. The van der Waals surface area contributed by atoms with Gasteiger partial charge in [-0.25, -0.2) is 4.79 Å². The summed E-state index contributed by atoms with van der Waals surface area (Å²) >= 11 is 0. The van der Waals surface area contributed by atoms with Crippen LogP contribution in [0.2, 0.25) is 0 Å². The Morgan fingerprint density at radius 2 is 1.62 bits per heavy atom. The summed E-state index contributed by atoms with van der Waals surface area (Å²) in [6, 6.07) is 6.82. The van der Waals surface area contributed by atoms with Crippen molar-refractivity contribution in [1.82, 2.24) is 15.5 Å². The molecule has 1 aromatic rings. The first-order valence-electron chi connectivity index (χ1n) is 7.85. The minimum absolute atomic E-state index is 0.0921. The van der Waals surface area contributed by atoms with Gasteiger partial charge in [-0.2, -0.15) is 0 Å². The number of carbonyl (C=O) groups is 3. The highest BCUT2D eigenvalue weighted by Gasteiger charge is 2.10. The van der Waals surface area contributed by atoms with E-state index in [1.165, 1.54) is 7.11 Å². The normalized spacial score (nSPS) is 10.3. The number of amides is 2. The molecule has 0 radical (unpaired) electrons. The van der Waals surface area contributed by atoms with Crippen molar-refractivity contribution in [3.8, 4) is 0 Å². The zero-order valence-electron chi connectivity index (χ0n) is 14.4. The highest BCUT2D eigenvalue weighted by Crippen LogP contribution is 2.05. The van der Waals surface area contributed by atoms with E-state index in [1.54, 1.807) is 36.2 Å². The van der Waals surface area contributed by atoms with Gasteiger partial charge in [-0.1, -0.05) is 19.1 Å². The molecule has 7 nitrogen and oxygen atoms in total. The number of likely N-dealkylation sites (N-methyl/N-ethyl adjacent to an activating group) is 1. The van der Waals surface area contributed by atoms with Crippen LogP contribution in [0.4, 0.5) is 0 Å². The molecule has 0 aliphatic rings. The second kappa shape index (κ2) is 10.4. The number of esters is 1. The molecule has 0 aliphatic carbocycles. The van der Waals surface area contributed by atoms with E-state index in [-0.39, 0.29) is 24.9 Å². The van der Waals surface area contributed by atoms with Crippen molar-refractivity contribution >= 4 is 17.8 Å². The molecule has 132 valence electrons. The topological polar surface area (TPSA) is 87.7 Å². The van der Waals surface area contributed by atoms with E-state index in [0.717, 1.165) is 12.0 Å². The van der Waals surface area contributed by atoms with Crippen LogP contribution in [-0.2, 0) is 20.9 Å². The van der Waals surface area contributed by atoms with Gasteiger partial charge in [-0.3, -0.25) is 14.5 Å². The van der Waals surface area contributed by atoms with Crippen molar-refractivity contribution in [3.63, 3.8) is 0 Å². The molecule has 1 rings (SSSR count). The average molecular weight is 335 g/mol. The van der Waals surface area contributed by atoms with Gasteiger partial charge in [0.25, 0.3) is 0 Å². The van der Waals surface area contributed by atoms with E-state index in [2.05, 4.69) is 15.4 Å². The lowest BCUT2D eigenvalue weighted by atomic mass is 10.1. The molecular weight excluding hydrogens is 310 g/mol. The summed E-state index contributed by atoms with van der Waals surface area (Å²) in [6.45, 7) is 3.30. The first-order chi connectivity index (χ1) is 11.5. The van der Waals surface area contributed by atoms with Crippen LogP contribution in [0, 0.1) is 0 Å². The smallest absolute Gasteiger partial charge is 0.337 e. The summed E-state index contributed by atoms with van der Waals surface area (Å²) in [7, 11) is 3.05. The maximum absolute atomic E-state index is 11.9. The summed E-state index contributed by atoms with van der Waals surface area (Å²) in [5.41, 5.74) is 1.34. The molecule has 0 bridgehead atoms. The zero-order chi connectivity index (χ0) is 17.9. The Bertz CT molecular complexity index is 557. The summed E-state index contributed by atoms with van der Waals surface area (Å²) in [4.78, 5) is 36.4. The second-order valence-electron chi connectivity index (χ2n) is 5.49. The van der Waals surface area contributed by atoms with Crippen molar-refractivity contribution in [1.29, 1.82) is 0 Å². The van der Waals surface area contributed by atoms with Gasteiger partial charge in [0.2, 0.25) is 11.8 Å². The van der Waals surface area contributed by atoms with Crippen LogP contribution in [0.25, 0.3) is 0 Å². The molecule has 7 heteroatoms. The fourth-order valence-electron chi connectivity index (χ4n) is 2.00. The minimum atomic E-state index is -0.395. The van der Waals surface area contributed by atoms with E-state index in [4.69, 9.17) is 0 Å². The van der Waals surface area contributed by atoms with Gasteiger partial charge in [0, 0.05) is 13.1 Å².